The van der Waals surface area contributed by atoms with E-state index in [4.69, 9.17) is 4.74 Å². The number of hydrogen-bond acceptors (Lipinski definition) is 3. The van der Waals surface area contributed by atoms with Gasteiger partial charge in [-0.1, -0.05) is 30.3 Å². The van der Waals surface area contributed by atoms with Gasteiger partial charge in [0.15, 0.2) is 0 Å². The van der Waals surface area contributed by atoms with E-state index in [0.29, 0.717) is 6.54 Å². The van der Waals surface area contributed by atoms with Crippen molar-refractivity contribution in [2.45, 2.75) is 45.3 Å². The highest BCUT2D eigenvalue weighted by atomic mass is 16.6. The molecule has 1 aliphatic heterocycles. The lowest BCUT2D eigenvalue weighted by Crippen LogP contribution is -2.36. The summed E-state index contributed by atoms with van der Waals surface area (Å²) in [5, 5.41) is 9.21. The molecule has 3 rings (SSSR count). The number of rotatable bonds is 3. The van der Waals surface area contributed by atoms with Crippen molar-refractivity contribution in [3.05, 3.63) is 59.7 Å². The average molecular weight is 367 g/mol. The molecule has 1 heterocycles. The summed E-state index contributed by atoms with van der Waals surface area (Å²) in [6, 6.07) is 14.8. The molecule has 1 saturated heterocycles. The molecule has 5 nitrogen and oxygen atoms in total. The van der Waals surface area contributed by atoms with Crippen molar-refractivity contribution in [2.75, 3.05) is 6.54 Å². The Morgan fingerprint density at radius 3 is 2.41 bits per heavy atom. The Hall–Kier alpha value is -2.82. The quantitative estimate of drug-likeness (QED) is 0.817. The second-order valence-electron chi connectivity index (χ2n) is 7.84. The molecule has 1 N–H and O–H groups in total. The Morgan fingerprint density at radius 2 is 1.74 bits per heavy atom. The summed E-state index contributed by atoms with van der Waals surface area (Å²) >= 11 is 0. The van der Waals surface area contributed by atoms with Crippen LogP contribution in [0.3, 0.4) is 0 Å². The van der Waals surface area contributed by atoms with E-state index in [1.165, 1.54) is 0 Å². The molecule has 1 fully saturated rings. The van der Waals surface area contributed by atoms with Gasteiger partial charge in [-0.15, -0.1) is 0 Å². The van der Waals surface area contributed by atoms with Gasteiger partial charge in [-0.05, 0) is 68.5 Å². The molecular weight excluding hydrogens is 342 g/mol. The minimum absolute atomic E-state index is 0.0255. The highest BCUT2D eigenvalue weighted by Gasteiger charge is 2.33. The van der Waals surface area contributed by atoms with Crippen molar-refractivity contribution in [3.63, 3.8) is 0 Å². The molecule has 1 amide bonds. The first kappa shape index (κ1) is 19.0. The number of carboxylic acid groups (broad SMARTS) is 1. The fourth-order valence-electron chi connectivity index (χ4n) is 3.41. The number of nitrogens with zero attached hydrogens (tertiary/aromatic N) is 1. The molecule has 27 heavy (non-hydrogen) atoms. The van der Waals surface area contributed by atoms with Crippen molar-refractivity contribution in [1.82, 2.24) is 4.90 Å². The number of hydrogen-bond donors (Lipinski definition) is 1. The van der Waals surface area contributed by atoms with Gasteiger partial charge in [0.2, 0.25) is 0 Å². The second kappa shape index (κ2) is 7.43. The number of likely N-dealkylation sites (tertiary alicyclic amines) is 1. The lowest BCUT2D eigenvalue weighted by molar-refractivity contribution is 0.0224. The number of aromatic carboxylic acids is 1. The largest absolute Gasteiger partial charge is 0.478 e. The number of carboxylic acids is 1. The van der Waals surface area contributed by atoms with Crippen LogP contribution >= 0.6 is 0 Å². The van der Waals surface area contributed by atoms with Crippen LogP contribution in [0.2, 0.25) is 0 Å². The second-order valence-corrected chi connectivity index (χ2v) is 7.84. The number of benzene rings is 2. The lowest BCUT2D eigenvalue weighted by atomic mass is 9.97. The normalized spacial score (nSPS) is 17.0. The summed E-state index contributed by atoms with van der Waals surface area (Å²) in [4.78, 5) is 25.6. The molecule has 2 aromatic carbocycles. The first-order chi connectivity index (χ1) is 12.7. The number of carbonyl (C=O) groups is 2. The zero-order chi connectivity index (χ0) is 19.6. The molecule has 0 aromatic heterocycles. The minimum Gasteiger partial charge on any atom is -0.478 e. The molecule has 142 valence electrons. The molecule has 0 aliphatic carbocycles. The van der Waals surface area contributed by atoms with E-state index in [-0.39, 0.29) is 17.7 Å². The molecule has 1 atom stereocenters. The van der Waals surface area contributed by atoms with Gasteiger partial charge >= 0.3 is 12.1 Å². The van der Waals surface area contributed by atoms with Crippen molar-refractivity contribution in [2.24, 2.45) is 0 Å². The Labute approximate surface area is 159 Å². The Kier molecular flexibility index (Phi) is 5.22. The summed E-state index contributed by atoms with van der Waals surface area (Å²) in [6.07, 6.45) is 1.53. The van der Waals surface area contributed by atoms with Crippen molar-refractivity contribution in [1.29, 1.82) is 0 Å². The highest BCUT2D eigenvalue weighted by molar-refractivity contribution is 5.89. The van der Waals surface area contributed by atoms with Crippen LogP contribution in [0.5, 0.6) is 0 Å². The molecule has 0 radical (unpaired) electrons. The van der Waals surface area contributed by atoms with Crippen LogP contribution in [0.25, 0.3) is 11.1 Å². The molecule has 2 aromatic rings. The van der Waals surface area contributed by atoms with Gasteiger partial charge in [0.1, 0.15) is 5.60 Å². The first-order valence-electron chi connectivity index (χ1n) is 9.18. The third-order valence-corrected chi connectivity index (χ3v) is 4.60. The predicted octanol–water partition coefficient (Wildman–Crippen LogP) is 5.12. The van der Waals surface area contributed by atoms with E-state index in [0.717, 1.165) is 29.5 Å². The summed E-state index contributed by atoms with van der Waals surface area (Å²) in [6.45, 7) is 6.28. The van der Waals surface area contributed by atoms with Gasteiger partial charge in [0, 0.05) is 6.54 Å². The third kappa shape index (κ3) is 4.48. The fraction of sp³-hybridized carbons (Fsp3) is 0.364. The monoisotopic (exact) mass is 367 g/mol. The maximum Gasteiger partial charge on any atom is 0.410 e. The van der Waals surface area contributed by atoms with E-state index in [1.807, 2.05) is 51.1 Å². The molecule has 5 heteroatoms. The van der Waals surface area contributed by atoms with Crippen molar-refractivity contribution >= 4 is 12.1 Å². The van der Waals surface area contributed by atoms with Gasteiger partial charge < -0.3 is 14.7 Å². The molecule has 1 unspecified atom stereocenters. The van der Waals surface area contributed by atoms with Crippen molar-refractivity contribution < 1.29 is 19.4 Å². The van der Waals surface area contributed by atoms with E-state index in [1.54, 1.807) is 23.1 Å². The average Bonchev–Trinajstić information content (AvgIpc) is 3.10. The van der Waals surface area contributed by atoms with E-state index in [9.17, 15) is 14.7 Å². The summed E-state index contributed by atoms with van der Waals surface area (Å²) in [5.41, 5.74) is 2.56. The van der Waals surface area contributed by atoms with Gasteiger partial charge in [-0.2, -0.15) is 0 Å². The van der Waals surface area contributed by atoms with Crippen molar-refractivity contribution in [3.8, 4) is 11.1 Å². The Balaban J connectivity index is 1.87. The number of carbonyl (C=O) groups excluding carboxylic acids is 1. The van der Waals surface area contributed by atoms with Crippen LogP contribution in [0.1, 0.15) is 55.6 Å². The predicted molar refractivity (Wildman–Crippen MR) is 104 cm³/mol. The molecule has 0 bridgehead atoms. The standard InChI is InChI=1S/C22H25NO4/c1-22(2,3)27-21(26)23-12-6-11-19(23)17-9-4-7-15(13-17)16-8-5-10-18(14-16)20(24)25/h4-5,7-10,13-14,19H,6,11-12H2,1-3H3,(H,24,25). The van der Waals surface area contributed by atoms with Crippen LogP contribution < -0.4 is 0 Å². The summed E-state index contributed by atoms with van der Waals surface area (Å²) in [7, 11) is 0. The van der Waals surface area contributed by atoms with Gasteiger partial charge in [-0.25, -0.2) is 9.59 Å². The zero-order valence-corrected chi connectivity index (χ0v) is 15.9. The third-order valence-electron chi connectivity index (χ3n) is 4.60. The van der Waals surface area contributed by atoms with Gasteiger partial charge in [0.05, 0.1) is 11.6 Å². The Bertz CT molecular complexity index is 853. The van der Waals surface area contributed by atoms with Gasteiger partial charge in [-0.3, -0.25) is 0 Å². The minimum atomic E-state index is -0.945. The topological polar surface area (TPSA) is 66.8 Å². The van der Waals surface area contributed by atoms with Crippen LogP contribution in [-0.2, 0) is 4.74 Å². The SMILES string of the molecule is CC(C)(C)OC(=O)N1CCCC1c1cccc(-c2cccc(C(=O)O)c2)c1. The van der Waals surface area contributed by atoms with Crippen LogP contribution in [-0.4, -0.2) is 34.2 Å². The van der Waals surface area contributed by atoms with E-state index >= 15 is 0 Å². The highest BCUT2D eigenvalue weighted by Crippen LogP contribution is 2.35. The van der Waals surface area contributed by atoms with Crippen LogP contribution in [0.4, 0.5) is 4.79 Å². The molecular formula is C22H25NO4. The number of ether oxygens (including phenoxy) is 1. The summed E-state index contributed by atoms with van der Waals surface area (Å²) < 4.78 is 5.55. The molecule has 1 aliphatic rings. The lowest BCUT2D eigenvalue weighted by Gasteiger charge is -2.29. The molecule has 0 spiro atoms. The van der Waals surface area contributed by atoms with E-state index < -0.39 is 11.6 Å². The smallest absolute Gasteiger partial charge is 0.410 e. The zero-order valence-electron chi connectivity index (χ0n) is 15.9. The first-order valence-corrected chi connectivity index (χ1v) is 9.18. The van der Waals surface area contributed by atoms with Gasteiger partial charge in [0.25, 0.3) is 0 Å². The van der Waals surface area contributed by atoms with Crippen LogP contribution in [0, 0.1) is 0 Å². The maximum atomic E-state index is 12.6. The maximum absolute atomic E-state index is 12.6. The Morgan fingerprint density at radius 1 is 1.07 bits per heavy atom. The number of amides is 1. The van der Waals surface area contributed by atoms with Crippen LogP contribution in [0.15, 0.2) is 48.5 Å². The molecule has 0 saturated carbocycles. The van der Waals surface area contributed by atoms with E-state index in [2.05, 4.69) is 0 Å². The summed E-state index contributed by atoms with van der Waals surface area (Å²) in [5.74, 6) is -0.945. The fourth-order valence-corrected chi connectivity index (χ4v) is 3.41.